The summed E-state index contributed by atoms with van der Waals surface area (Å²) >= 11 is 0. The molecule has 1 fully saturated rings. The SMILES string of the molecule is CCCCCCCCN(CCCCCCCC)CC1OC(c2ccc(NC(=O)c3c(F)c(F)c(F)c(F)c3F)cc2)OC(c2ccc(CO)cc2)C1C. The second kappa shape index (κ2) is 21.5. The zero-order valence-electron chi connectivity index (χ0n) is 31.3. The highest BCUT2D eigenvalue weighted by atomic mass is 19.2. The van der Waals surface area contributed by atoms with Gasteiger partial charge in [0.1, 0.15) is 5.56 Å². The van der Waals surface area contributed by atoms with Gasteiger partial charge in [0.05, 0.1) is 18.8 Å². The molecule has 4 unspecified atom stereocenters. The van der Waals surface area contributed by atoms with Crippen molar-refractivity contribution in [3.8, 4) is 0 Å². The van der Waals surface area contributed by atoms with E-state index in [9.17, 15) is 31.9 Å². The Balaban J connectivity index is 1.53. The predicted molar refractivity (Wildman–Crippen MR) is 197 cm³/mol. The van der Waals surface area contributed by atoms with E-state index < -0.39 is 46.8 Å². The summed E-state index contributed by atoms with van der Waals surface area (Å²) < 4.78 is 82.8. The van der Waals surface area contributed by atoms with E-state index >= 15 is 0 Å². The molecule has 4 rings (SSSR count). The first-order valence-corrected chi connectivity index (χ1v) is 19.2. The Morgan fingerprint density at radius 2 is 1.17 bits per heavy atom. The van der Waals surface area contributed by atoms with Gasteiger partial charge in [-0.25, -0.2) is 22.0 Å². The molecular formula is C42H55F5N2O4. The van der Waals surface area contributed by atoms with Crippen LogP contribution in [-0.2, 0) is 16.1 Å². The highest BCUT2D eigenvalue weighted by Crippen LogP contribution is 2.42. The molecule has 3 aromatic rings. The first-order chi connectivity index (χ1) is 25.6. The molecule has 11 heteroatoms. The molecule has 1 amide bonds. The van der Waals surface area contributed by atoms with Gasteiger partial charge in [0.25, 0.3) is 5.91 Å². The minimum absolute atomic E-state index is 0.0253. The van der Waals surface area contributed by atoms with Gasteiger partial charge in [-0.2, -0.15) is 0 Å². The van der Waals surface area contributed by atoms with E-state index in [0.717, 1.165) is 37.1 Å². The number of ether oxygens (including phenoxy) is 2. The normalized spacial score (nSPS) is 18.8. The highest BCUT2D eigenvalue weighted by Gasteiger charge is 2.39. The van der Waals surface area contributed by atoms with E-state index in [1.807, 2.05) is 24.3 Å². The lowest BCUT2D eigenvalue weighted by Crippen LogP contribution is -2.45. The maximum Gasteiger partial charge on any atom is 0.261 e. The molecule has 3 aromatic carbocycles. The van der Waals surface area contributed by atoms with E-state index in [-0.39, 0.29) is 30.4 Å². The van der Waals surface area contributed by atoms with Crippen molar-refractivity contribution in [1.82, 2.24) is 4.90 Å². The Morgan fingerprint density at radius 3 is 1.70 bits per heavy atom. The Morgan fingerprint density at radius 1 is 0.679 bits per heavy atom. The molecule has 0 aromatic heterocycles. The number of anilines is 1. The van der Waals surface area contributed by atoms with Gasteiger partial charge in [0, 0.05) is 23.7 Å². The Kier molecular flexibility index (Phi) is 17.2. The van der Waals surface area contributed by atoms with E-state index in [1.54, 1.807) is 12.1 Å². The van der Waals surface area contributed by atoms with Crippen molar-refractivity contribution in [2.24, 2.45) is 5.92 Å². The van der Waals surface area contributed by atoms with Crippen LogP contribution >= 0.6 is 0 Å². The molecule has 1 heterocycles. The van der Waals surface area contributed by atoms with E-state index in [2.05, 4.69) is 31.0 Å². The van der Waals surface area contributed by atoms with Crippen molar-refractivity contribution < 1.29 is 41.3 Å². The molecule has 0 spiro atoms. The molecule has 1 aliphatic rings. The third-order valence-corrected chi connectivity index (χ3v) is 10.1. The maximum absolute atomic E-state index is 14.3. The number of nitrogens with zero attached hydrogens (tertiary/aromatic N) is 1. The second-order valence-electron chi connectivity index (χ2n) is 14.2. The third kappa shape index (κ3) is 11.8. The van der Waals surface area contributed by atoms with Crippen LogP contribution in [0.4, 0.5) is 27.6 Å². The fourth-order valence-electron chi connectivity index (χ4n) is 6.83. The molecule has 0 saturated carbocycles. The van der Waals surface area contributed by atoms with Crippen molar-refractivity contribution in [2.75, 3.05) is 25.0 Å². The first kappa shape index (κ1) is 42.4. The number of benzene rings is 3. The quantitative estimate of drug-likeness (QED) is 0.0492. The van der Waals surface area contributed by atoms with Crippen molar-refractivity contribution >= 4 is 11.6 Å². The van der Waals surface area contributed by atoms with E-state index in [0.29, 0.717) is 12.1 Å². The maximum atomic E-state index is 14.3. The second-order valence-corrected chi connectivity index (χ2v) is 14.2. The Hall–Kier alpha value is -3.38. The first-order valence-electron chi connectivity index (χ1n) is 19.2. The number of hydrogen-bond acceptors (Lipinski definition) is 5. The van der Waals surface area contributed by atoms with Crippen molar-refractivity contribution in [1.29, 1.82) is 0 Å². The van der Waals surface area contributed by atoms with Crippen LogP contribution in [0.25, 0.3) is 0 Å². The fraction of sp³-hybridized carbons (Fsp3) is 0.548. The molecule has 0 radical (unpaired) electrons. The standard InChI is InChI=1S/C42H55F5N2O4/c1-4-6-8-10-12-14-24-49(25-15-13-11-9-7-5-2)26-33-28(3)40(30-18-16-29(27-50)17-19-30)53-42(52-33)31-20-22-32(23-21-31)48-41(51)34-35(43)37(45)39(47)38(46)36(34)44/h16-23,28,33,40,42,50H,4-15,24-27H2,1-3H3,(H,48,51). The van der Waals surface area contributed by atoms with Gasteiger partial charge in [-0.15, -0.1) is 0 Å². The number of aliphatic hydroxyl groups is 1. The number of nitrogens with one attached hydrogen (secondary N) is 1. The molecule has 53 heavy (non-hydrogen) atoms. The van der Waals surface area contributed by atoms with Gasteiger partial charge in [-0.1, -0.05) is 121 Å². The number of halogens is 5. The smallest absolute Gasteiger partial charge is 0.261 e. The molecule has 1 saturated heterocycles. The lowest BCUT2D eigenvalue weighted by molar-refractivity contribution is -0.276. The predicted octanol–water partition coefficient (Wildman–Crippen LogP) is 10.9. The zero-order chi connectivity index (χ0) is 38.3. The summed E-state index contributed by atoms with van der Waals surface area (Å²) in [6.07, 6.45) is 13.2. The van der Waals surface area contributed by atoms with Gasteiger partial charge in [-0.3, -0.25) is 4.79 Å². The largest absolute Gasteiger partial charge is 0.392 e. The number of amides is 1. The minimum Gasteiger partial charge on any atom is -0.392 e. The third-order valence-electron chi connectivity index (χ3n) is 10.1. The fourth-order valence-corrected chi connectivity index (χ4v) is 6.83. The molecule has 4 atom stereocenters. The summed E-state index contributed by atoms with van der Waals surface area (Å²) in [7, 11) is 0. The number of carbonyl (C=O) groups excluding carboxylic acids is 1. The summed E-state index contributed by atoms with van der Waals surface area (Å²) in [6, 6.07) is 13.8. The summed E-state index contributed by atoms with van der Waals surface area (Å²) in [5.41, 5.74) is 0.852. The number of rotatable bonds is 21. The average Bonchev–Trinajstić information content (AvgIpc) is 3.17. The molecule has 0 bridgehead atoms. The Bertz CT molecular complexity index is 1530. The molecule has 6 nitrogen and oxygen atoms in total. The van der Waals surface area contributed by atoms with E-state index in [4.69, 9.17) is 9.47 Å². The zero-order valence-corrected chi connectivity index (χ0v) is 31.3. The van der Waals surface area contributed by atoms with Gasteiger partial charge in [0.15, 0.2) is 29.6 Å². The van der Waals surface area contributed by atoms with Crippen LogP contribution in [0.1, 0.15) is 137 Å². The van der Waals surface area contributed by atoms with Gasteiger partial charge < -0.3 is 24.8 Å². The summed E-state index contributed by atoms with van der Waals surface area (Å²) in [5, 5.41) is 11.8. The molecule has 0 aliphatic carbocycles. The van der Waals surface area contributed by atoms with Crippen LogP contribution in [0.5, 0.6) is 0 Å². The van der Waals surface area contributed by atoms with Crippen LogP contribution < -0.4 is 5.32 Å². The summed E-state index contributed by atoms with van der Waals surface area (Å²) in [4.78, 5) is 15.2. The van der Waals surface area contributed by atoms with Gasteiger partial charge in [-0.05, 0) is 49.2 Å². The number of carbonyl (C=O) groups is 1. The monoisotopic (exact) mass is 746 g/mol. The van der Waals surface area contributed by atoms with Crippen molar-refractivity contribution in [2.45, 2.75) is 123 Å². The lowest BCUT2D eigenvalue weighted by atomic mass is 9.90. The Labute approximate surface area is 311 Å². The minimum atomic E-state index is -2.34. The molecular weight excluding hydrogens is 691 g/mol. The van der Waals surface area contributed by atoms with Crippen molar-refractivity contribution in [3.63, 3.8) is 0 Å². The van der Waals surface area contributed by atoms with Crippen LogP contribution in [0, 0.1) is 35.0 Å². The van der Waals surface area contributed by atoms with Crippen molar-refractivity contribution in [3.05, 3.63) is 99.9 Å². The molecule has 1 aliphatic heterocycles. The van der Waals surface area contributed by atoms with Crippen LogP contribution in [0.2, 0.25) is 0 Å². The van der Waals surface area contributed by atoms with Crippen LogP contribution in [0.3, 0.4) is 0 Å². The van der Waals surface area contributed by atoms with Crippen LogP contribution in [-0.4, -0.2) is 41.7 Å². The summed E-state index contributed by atoms with van der Waals surface area (Å²) in [5.74, 6) is -12.7. The van der Waals surface area contributed by atoms with Gasteiger partial charge >= 0.3 is 0 Å². The number of hydrogen-bond donors (Lipinski definition) is 2. The molecule has 292 valence electrons. The van der Waals surface area contributed by atoms with E-state index in [1.165, 1.54) is 76.3 Å². The highest BCUT2D eigenvalue weighted by molar-refractivity contribution is 6.04. The molecule has 2 N–H and O–H groups in total. The number of aliphatic hydroxyl groups excluding tert-OH is 1. The topological polar surface area (TPSA) is 71.0 Å². The lowest BCUT2D eigenvalue weighted by Gasteiger charge is -2.43. The van der Waals surface area contributed by atoms with Crippen LogP contribution in [0.15, 0.2) is 48.5 Å². The average molecular weight is 747 g/mol. The van der Waals surface area contributed by atoms with Gasteiger partial charge in [0.2, 0.25) is 5.82 Å². The number of unbranched alkanes of at least 4 members (excludes halogenated alkanes) is 10. The summed E-state index contributed by atoms with van der Waals surface area (Å²) in [6.45, 7) is 9.16.